The van der Waals surface area contributed by atoms with Crippen LogP contribution in [0.2, 0.25) is 0 Å². The van der Waals surface area contributed by atoms with Crippen LogP contribution in [0.3, 0.4) is 0 Å². The molecule has 1 saturated carbocycles. The molecule has 0 spiro atoms. The van der Waals surface area contributed by atoms with Gasteiger partial charge in [-0.05, 0) is 47.4 Å². The van der Waals surface area contributed by atoms with E-state index in [9.17, 15) is 14.4 Å². The van der Waals surface area contributed by atoms with E-state index in [-0.39, 0.29) is 30.4 Å². The lowest BCUT2D eigenvalue weighted by Gasteiger charge is -2.36. The van der Waals surface area contributed by atoms with Crippen LogP contribution in [0.25, 0.3) is 11.1 Å². The minimum absolute atomic E-state index is 0.0170. The molecule has 2 amide bonds. The number of fused-ring (bicyclic) bond motifs is 3. The maximum absolute atomic E-state index is 12.4. The Bertz CT molecular complexity index is 1030. The van der Waals surface area contributed by atoms with Crippen LogP contribution < -0.4 is 5.32 Å². The number of aliphatic carboxylic acids is 1. The molecule has 1 aliphatic heterocycles. The summed E-state index contributed by atoms with van der Waals surface area (Å²) in [5.41, 5.74) is 4.75. The molecule has 3 aliphatic rings. The van der Waals surface area contributed by atoms with E-state index in [1.165, 1.54) is 22.3 Å². The van der Waals surface area contributed by atoms with Gasteiger partial charge in [0.15, 0.2) is 0 Å². The van der Waals surface area contributed by atoms with Gasteiger partial charge >= 0.3 is 12.1 Å². The smallest absolute Gasteiger partial charge is 0.407 e. The lowest BCUT2D eigenvalue weighted by Crippen LogP contribution is -2.46. The predicted octanol–water partition coefficient (Wildman–Crippen LogP) is 3.63. The van der Waals surface area contributed by atoms with Gasteiger partial charge in [0.1, 0.15) is 6.61 Å². The largest absolute Gasteiger partial charge is 0.481 e. The molecule has 0 bridgehead atoms. The number of nitrogens with one attached hydrogen (secondary N) is 1. The lowest BCUT2D eigenvalue weighted by molar-refractivity contribution is -0.141. The Labute approximate surface area is 192 Å². The first kappa shape index (κ1) is 21.5. The fourth-order valence-electron chi connectivity index (χ4n) is 5.39. The van der Waals surface area contributed by atoms with Gasteiger partial charge < -0.3 is 20.1 Å². The Kier molecular flexibility index (Phi) is 5.79. The van der Waals surface area contributed by atoms with Crippen LogP contribution in [0.1, 0.15) is 42.7 Å². The highest BCUT2D eigenvalue weighted by Gasteiger charge is 2.36. The molecule has 0 aromatic heterocycles. The molecule has 172 valence electrons. The molecule has 1 atom stereocenters. The SMILES string of the molecule is O=C(NC1CC(CC(=O)N2CCC(C(=O)O)C2)C1)OCC1c2ccccc2-c2ccccc21. The van der Waals surface area contributed by atoms with Crippen LogP contribution >= 0.6 is 0 Å². The number of benzene rings is 2. The maximum atomic E-state index is 12.4. The minimum Gasteiger partial charge on any atom is -0.481 e. The summed E-state index contributed by atoms with van der Waals surface area (Å²) in [6, 6.07) is 16.5. The number of carbonyl (C=O) groups is 3. The van der Waals surface area contributed by atoms with E-state index >= 15 is 0 Å². The van der Waals surface area contributed by atoms with Crippen molar-refractivity contribution in [3.05, 3.63) is 59.7 Å². The molecule has 5 rings (SSSR count). The molecule has 2 fully saturated rings. The first-order valence-electron chi connectivity index (χ1n) is 11.6. The Hall–Kier alpha value is -3.35. The zero-order valence-electron chi connectivity index (χ0n) is 18.4. The number of hydrogen-bond acceptors (Lipinski definition) is 4. The number of ether oxygens (including phenoxy) is 1. The Balaban J connectivity index is 1.07. The van der Waals surface area contributed by atoms with Gasteiger partial charge in [-0.3, -0.25) is 9.59 Å². The summed E-state index contributed by atoms with van der Waals surface area (Å²) >= 11 is 0. The van der Waals surface area contributed by atoms with Gasteiger partial charge in [-0.25, -0.2) is 4.79 Å². The van der Waals surface area contributed by atoms with Crippen molar-refractivity contribution < 1.29 is 24.2 Å². The first-order valence-corrected chi connectivity index (χ1v) is 11.6. The standard InChI is InChI=1S/C26H28N2O5/c29-24(28-10-9-17(14-28)25(30)31)13-16-11-18(12-16)27-26(32)33-15-23-21-7-3-1-5-19(21)20-6-2-4-8-22(20)23/h1-8,16-18,23H,9-15H2,(H,27,32)(H,30,31). The second-order valence-corrected chi connectivity index (χ2v) is 9.37. The Morgan fingerprint density at radius 2 is 1.64 bits per heavy atom. The van der Waals surface area contributed by atoms with Gasteiger partial charge in [0.2, 0.25) is 5.91 Å². The summed E-state index contributed by atoms with van der Waals surface area (Å²) in [5, 5.41) is 12.0. The van der Waals surface area contributed by atoms with Gasteiger partial charge in [0, 0.05) is 31.5 Å². The highest BCUT2D eigenvalue weighted by molar-refractivity contribution is 5.80. The number of carboxylic acids is 1. The molecule has 1 heterocycles. The molecular weight excluding hydrogens is 420 g/mol. The van der Waals surface area contributed by atoms with Crippen molar-refractivity contribution in [3.63, 3.8) is 0 Å². The molecule has 33 heavy (non-hydrogen) atoms. The molecule has 2 aliphatic carbocycles. The number of carbonyl (C=O) groups excluding carboxylic acids is 2. The van der Waals surface area contributed by atoms with E-state index in [1.54, 1.807) is 4.90 Å². The number of rotatable bonds is 6. The third-order valence-corrected chi connectivity index (χ3v) is 7.25. The molecule has 0 radical (unpaired) electrons. The normalized spacial score (nSPS) is 23.4. The number of amides is 2. The molecule has 7 nitrogen and oxygen atoms in total. The Morgan fingerprint density at radius 3 is 2.24 bits per heavy atom. The molecular formula is C26H28N2O5. The number of nitrogens with zero attached hydrogens (tertiary/aromatic N) is 1. The van der Waals surface area contributed by atoms with Gasteiger partial charge in [0.05, 0.1) is 5.92 Å². The monoisotopic (exact) mass is 448 g/mol. The van der Waals surface area contributed by atoms with Crippen molar-refractivity contribution in [2.75, 3.05) is 19.7 Å². The third-order valence-electron chi connectivity index (χ3n) is 7.25. The van der Waals surface area contributed by atoms with E-state index in [1.807, 2.05) is 24.3 Å². The number of likely N-dealkylation sites (tertiary alicyclic amines) is 1. The third kappa shape index (κ3) is 4.32. The molecule has 2 aromatic rings. The van der Waals surface area contributed by atoms with E-state index in [2.05, 4.69) is 29.6 Å². The molecule has 1 saturated heterocycles. The highest BCUT2D eigenvalue weighted by Crippen LogP contribution is 2.44. The highest BCUT2D eigenvalue weighted by atomic mass is 16.5. The fraction of sp³-hybridized carbons (Fsp3) is 0.423. The molecule has 1 unspecified atom stereocenters. The summed E-state index contributed by atoms with van der Waals surface area (Å²) in [4.78, 5) is 37.5. The summed E-state index contributed by atoms with van der Waals surface area (Å²) < 4.78 is 5.60. The quantitative estimate of drug-likeness (QED) is 0.704. The van der Waals surface area contributed by atoms with Crippen LogP contribution in [0.5, 0.6) is 0 Å². The van der Waals surface area contributed by atoms with Crippen molar-refractivity contribution in [2.45, 2.75) is 37.6 Å². The van der Waals surface area contributed by atoms with E-state index in [4.69, 9.17) is 9.84 Å². The van der Waals surface area contributed by atoms with Crippen LogP contribution in [0.4, 0.5) is 4.79 Å². The fourth-order valence-corrected chi connectivity index (χ4v) is 5.39. The summed E-state index contributed by atoms with van der Waals surface area (Å²) in [6.45, 7) is 1.11. The topological polar surface area (TPSA) is 95.9 Å². The van der Waals surface area contributed by atoms with E-state index in [0.717, 1.165) is 12.8 Å². The van der Waals surface area contributed by atoms with Crippen LogP contribution in [-0.4, -0.2) is 53.7 Å². The van der Waals surface area contributed by atoms with Crippen molar-refractivity contribution in [1.82, 2.24) is 10.2 Å². The van der Waals surface area contributed by atoms with Gasteiger partial charge in [-0.1, -0.05) is 48.5 Å². The number of alkyl carbamates (subject to hydrolysis) is 1. The zero-order valence-corrected chi connectivity index (χ0v) is 18.4. The zero-order chi connectivity index (χ0) is 22.9. The van der Waals surface area contributed by atoms with Crippen LogP contribution in [-0.2, 0) is 14.3 Å². The van der Waals surface area contributed by atoms with Gasteiger partial charge in [0.25, 0.3) is 0 Å². The van der Waals surface area contributed by atoms with Crippen LogP contribution in [0, 0.1) is 11.8 Å². The summed E-state index contributed by atoms with van der Waals surface area (Å²) in [5.74, 6) is -1.01. The number of carboxylic acid groups (broad SMARTS) is 1. The second kappa shape index (κ2) is 8.89. The Morgan fingerprint density at radius 1 is 1.00 bits per heavy atom. The van der Waals surface area contributed by atoms with E-state index in [0.29, 0.717) is 25.9 Å². The predicted molar refractivity (Wildman–Crippen MR) is 122 cm³/mol. The molecule has 7 heteroatoms. The summed E-state index contributed by atoms with van der Waals surface area (Å²) in [7, 11) is 0. The lowest BCUT2D eigenvalue weighted by atomic mass is 9.78. The van der Waals surface area contributed by atoms with E-state index < -0.39 is 18.0 Å². The van der Waals surface area contributed by atoms with Gasteiger partial charge in [-0.2, -0.15) is 0 Å². The summed E-state index contributed by atoms with van der Waals surface area (Å²) in [6.07, 6.45) is 2.00. The van der Waals surface area contributed by atoms with Crippen molar-refractivity contribution >= 4 is 18.0 Å². The second-order valence-electron chi connectivity index (χ2n) is 9.37. The molecule has 2 aromatic carbocycles. The maximum Gasteiger partial charge on any atom is 0.407 e. The average Bonchev–Trinajstić information content (AvgIpc) is 3.40. The van der Waals surface area contributed by atoms with Crippen molar-refractivity contribution in [2.24, 2.45) is 11.8 Å². The van der Waals surface area contributed by atoms with Crippen LogP contribution in [0.15, 0.2) is 48.5 Å². The number of hydrogen-bond donors (Lipinski definition) is 2. The minimum atomic E-state index is -0.832. The first-order chi connectivity index (χ1) is 16.0. The van der Waals surface area contributed by atoms with Crippen molar-refractivity contribution in [3.8, 4) is 11.1 Å². The van der Waals surface area contributed by atoms with Gasteiger partial charge in [-0.15, -0.1) is 0 Å². The molecule has 2 N–H and O–H groups in total. The average molecular weight is 449 g/mol. The van der Waals surface area contributed by atoms with Crippen molar-refractivity contribution in [1.29, 1.82) is 0 Å².